The van der Waals surface area contributed by atoms with Gasteiger partial charge in [0.25, 0.3) is 0 Å². The average Bonchev–Trinajstić information content (AvgIpc) is 3.33. The van der Waals surface area contributed by atoms with Crippen molar-refractivity contribution in [1.82, 2.24) is 15.0 Å². The summed E-state index contributed by atoms with van der Waals surface area (Å²) in [4.78, 5) is 19.6. The molecule has 1 fully saturated rings. The number of nitrogens with zero attached hydrogens (tertiary/aromatic N) is 1. The minimum absolute atomic E-state index is 0.0844. The van der Waals surface area contributed by atoms with Crippen LogP contribution in [0.1, 0.15) is 82.3 Å². The number of carbonyl (C=O) groups is 1. The van der Waals surface area contributed by atoms with E-state index in [1.807, 2.05) is 24.4 Å². The third-order valence-electron chi connectivity index (χ3n) is 6.17. The van der Waals surface area contributed by atoms with Crippen LogP contribution in [0.3, 0.4) is 0 Å². The average molecular weight is 527 g/mol. The highest BCUT2D eigenvalue weighted by Crippen LogP contribution is 2.40. The summed E-state index contributed by atoms with van der Waals surface area (Å²) >= 11 is 3.33. The molecule has 0 spiro atoms. The molecule has 1 aliphatic rings. The molecule has 4 rings (SSSR count). The smallest absolute Gasteiger partial charge is 0.319 e. The molecule has 36 heavy (non-hydrogen) atoms. The number of rotatable bonds is 7. The van der Waals surface area contributed by atoms with Gasteiger partial charge in [0, 0.05) is 39.4 Å². The molecule has 1 unspecified atom stereocenters. The number of amides is 2. The molecule has 3 N–H and O–H groups in total. The molecule has 3 aromatic rings. The SMILES string of the molecule is CC(NC(=O)Nc1ccc(-c2cnc(C3CCCCC3)s2)c(SNC(C)(C)C)c1)c1ccccc1F. The molecule has 192 valence electrons. The van der Waals surface area contributed by atoms with Crippen LogP contribution in [-0.2, 0) is 0 Å². The lowest BCUT2D eigenvalue weighted by Gasteiger charge is -2.21. The van der Waals surface area contributed by atoms with Crippen molar-refractivity contribution in [2.45, 2.75) is 82.2 Å². The number of benzene rings is 2. The van der Waals surface area contributed by atoms with Gasteiger partial charge in [-0.15, -0.1) is 11.3 Å². The second-order valence-corrected chi connectivity index (χ2v) is 12.3. The molecule has 8 heteroatoms. The summed E-state index contributed by atoms with van der Waals surface area (Å²) in [5, 5.41) is 6.97. The molecule has 1 aromatic heterocycles. The van der Waals surface area contributed by atoms with Crippen LogP contribution in [-0.4, -0.2) is 16.6 Å². The van der Waals surface area contributed by atoms with Crippen molar-refractivity contribution >= 4 is 35.0 Å². The van der Waals surface area contributed by atoms with E-state index in [4.69, 9.17) is 4.98 Å². The number of nitrogens with one attached hydrogen (secondary N) is 3. The minimum Gasteiger partial charge on any atom is -0.331 e. The van der Waals surface area contributed by atoms with Crippen LogP contribution in [0, 0.1) is 5.82 Å². The van der Waals surface area contributed by atoms with Crippen LogP contribution in [0.2, 0.25) is 0 Å². The molecule has 0 aliphatic heterocycles. The number of carbonyl (C=O) groups excluding carboxylic acids is 1. The lowest BCUT2D eigenvalue weighted by molar-refractivity contribution is 0.249. The first-order chi connectivity index (χ1) is 17.2. The molecule has 2 aromatic carbocycles. The highest BCUT2D eigenvalue weighted by molar-refractivity contribution is 7.97. The standard InChI is InChI=1S/C28H35FN4OS2/c1-18(21-12-8-9-13-23(21)29)31-27(34)32-20-14-15-22(24(16-20)36-33-28(2,3)4)25-17-30-26(35-25)19-10-6-5-7-11-19/h8-9,12-19,33H,5-7,10-11H2,1-4H3,(H2,31,32,34). The summed E-state index contributed by atoms with van der Waals surface area (Å²) in [6.07, 6.45) is 8.34. The molecule has 2 amide bonds. The summed E-state index contributed by atoms with van der Waals surface area (Å²) in [5.41, 5.74) is 2.14. The maximum atomic E-state index is 14.1. The molecule has 1 atom stereocenters. The van der Waals surface area contributed by atoms with Crippen molar-refractivity contribution in [2.24, 2.45) is 0 Å². The molecule has 1 heterocycles. The van der Waals surface area contributed by atoms with E-state index in [2.05, 4.69) is 36.1 Å². The predicted octanol–water partition coefficient (Wildman–Crippen LogP) is 8.27. The van der Waals surface area contributed by atoms with Crippen LogP contribution in [0.4, 0.5) is 14.9 Å². The second-order valence-electron chi connectivity index (χ2n) is 10.4. The van der Waals surface area contributed by atoms with Gasteiger partial charge >= 0.3 is 6.03 Å². The van der Waals surface area contributed by atoms with Gasteiger partial charge in [0.05, 0.1) is 15.9 Å². The quantitative estimate of drug-likeness (QED) is 0.271. The third kappa shape index (κ3) is 7.08. The third-order valence-corrected chi connectivity index (χ3v) is 8.63. The Morgan fingerprint density at radius 2 is 1.89 bits per heavy atom. The van der Waals surface area contributed by atoms with Gasteiger partial charge in [0.1, 0.15) is 5.82 Å². The fourth-order valence-electron chi connectivity index (χ4n) is 4.31. The van der Waals surface area contributed by atoms with E-state index in [-0.39, 0.29) is 17.4 Å². The molecule has 0 radical (unpaired) electrons. The Balaban J connectivity index is 1.52. The highest BCUT2D eigenvalue weighted by atomic mass is 32.2. The first-order valence-corrected chi connectivity index (χ1v) is 14.2. The Morgan fingerprint density at radius 1 is 1.14 bits per heavy atom. The monoisotopic (exact) mass is 526 g/mol. The molecule has 1 saturated carbocycles. The van der Waals surface area contributed by atoms with Crippen molar-refractivity contribution < 1.29 is 9.18 Å². The summed E-state index contributed by atoms with van der Waals surface area (Å²) < 4.78 is 17.6. The van der Waals surface area contributed by atoms with Gasteiger partial charge in [-0.25, -0.2) is 14.2 Å². The van der Waals surface area contributed by atoms with Gasteiger partial charge in [-0.1, -0.05) is 43.5 Å². The zero-order valence-corrected chi connectivity index (χ0v) is 23.0. The Morgan fingerprint density at radius 3 is 2.61 bits per heavy atom. The molecule has 1 aliphatic carbocycles. The maximum absolute atomic E-state index is 14.1. The molecular weight excluding hydrogens is 491 g/mol. The van der Waals surface area contributed by atoms with Crippen molar-refractivity contribution in [3.05, 3.63) is 65.0 Å². The maximum Gasteiger partial charge on any atom is 0.319 e. The van der Waals surface area contributed by atoms with E-state index in [9.17, 15) is 9.18 Å². The van der Waals surface area contributed by atoms with E-state index >= 15 is 0 Å². The normalized spacial score (nSPS) is 15.5. The number of thiazole rings is 1. The van der Waals surface area contributed by atoms with Crippen LogP contribution in [0.25, 0.3) is 10.4 Å². The van der Waals surface area contributed by atoms with Gasteiger partial charge < -0.3 is 10.6 Å². The fourth-order valence-corrected chi connectivity index (χ4v) is 6.40. The van der Waals surface area contributed by atoms with Crippen molar-refractivity contribution in [2.75, 3.05) is 5.32 Å². The van der Waals surface area contributed by atoms with Gasteiger partial charge in [-0.2, -0.15) is 0 Å². The lowest BCUT2D eigenvalue weighted by atomic mass is 9.90. The lowest BCUT2D eigenvalue weighted by Crippen LogP contribution is -2.31. The van der Waals surface area contributed by atoms with Crippen LogP contribution in [0.15, 0.2) is 53.6 Å². The van der Waals surface area contributed by atoms with E-state index < -0.39 is 6.04 Å². The minimum atomic E-state index is -0.461. The topological polar surface area (TPSA) is 66.0 Å². The van der Waals surface area contributed by atoms with Crippen LogP contribution in [0.5, 0.6) is 0 Å². The number of halogens is 1. The number of anilines is 1. The Labute approximate surface area is 221 Å². The highest BCUT2D eigenvalue weighted by Gasteiger charge is 2.21. The van der Waals surface area contributed by atoms with Crippen LogP contribution >= 0.6 is 23.3 Å². The first kappa shape index (κ1) is 26.6. The summed E-state index contributed by atoms with van der Waals surface area (Å²) in [5.74, 6) is 0.237. The Kier molecular flexibility index (Phi) is 8.70. The van der Waals surface area contributed by atoms with E-state index in [0.717, 1.165) is 15.3 Å². The second kappa shape index (κ2) is 11.8. The van der Waals surface area contributed by atoms with Crippen molar-refractivity contribution in [3.63, 3.8) is 0 Å². The summed E-state index contributed by atoms with van der Waals surface area (Å²) in [6.45, 7) is 8.12. The summed E-state index contributed by atoms with van der Waals surface area (Å²) in [6, 6.07) is 11.6. The number of urea groups is 1. The molecule has 0 saturated heterocycles. The van der Waals surface area contributed by atoms with E-state index in [1.54, 1.807) is 48.4 Å². The van der Waals surface area contributed by atoms with Crippen molar-refractivity contribution in [3.8, 4) is 10.4 Å². The van der Waals surface area contributed by atoms with Crippen molar-refractivity contribution in [1.29, 1.82) is 0 Å². The van der Waals surface area contributed by atoms with E-state index in [0.29, 0.717) is 17.2 Å². The van der Waals surface area contributed by atoms with E-state index in [1.165, 1.54) is 43.2 Å². The van der Waals surface area contributed by atoms with Crippen LogP contribution < -0.4 is 15.4 Å². The zero-order chi connectivity index (χ0) is 25.7. The zero-order valence-electron chi connectivity index (χ0n) is 21.4. The molecule has 5 nitrogen and oxygen atoms in total. The summed E-state index contributed by atoms with van der Waals surface area (Å²) in [7, 11) is 0. The first-order valence-electron chi connectivity index (χ1n) is 12.6. The van der Waals surface area contributed by atoms with Gasteiger partial charge in [0.2, 0.25) is 0 Å². The van der Waals surface area contributed by atoms with Gasteiger partial charge in [-0.3, -0.25) is 4.72 Å². The molecular formula is C28H35FN4OS2. The fraction of sp³-hybridized carbons (Fsp3) is 0.429. The van der Waals surface area contributed by atoms with Gasteiger partial charge in [-0.05, 0) is 70.7 Å². The Hall–Kier alpha value is -2.42. The Bertz CT molecular complexity index is 1180. The number of hydrogen-bond acceptors (Lipinski definition) is 5. The number of hydrogen-bond donors (Lipinski definition) is 3. The number of aromatic nitrogens is 1. The largest absolute Gasteiger partial charge is 0.331 e. The molecule has 0 bridgehead atoms. The predicted molar refractivity (Wildman–Crippen MR) is 149 cm³/mol. The van der Waals surface area contributed by atoms with Gasteiger partial charge in [0.15, 0.2) is 0 Å².